The van der Waals surface area contributed by atoms with Crippen LogP contribution in [0.5, 0.6) is 5.75 Å². The smallest absolute Gasteiger partial charge is 0.416 e. The van der Waals surface area contributed by atoms with Crippen LogP contribution in [0, 0.1) is 6.92 Å². The van der Waals surface area contributed by atoms with Crippen LogP contribution in [0.1, 0.15) is 45.8 Å². The molecule has 2 aliphatic heterocycles. The maximum atomic E-state index is 14.3. The average Bonchev–Trinajstić information content (AvgIpc) is 3.72. The highest BCUT2D eigenvalue weighted by molar-refractivity contribution is 7.98. The molecule has 0 unspecified atom stereocenters. The Bertz CT molecular complexity index is 2270. The van der Waals surface area contributed by atoms with Crippen LogP contribution in [-0.2, 0) is 34.5 Å². The van der Waals surface area contributed by atoms with Gasteiger partial charge in [0, 0.05) is 23.5 Å². The fraction of sp³-hybridized carbons (Fsp3) is 0.303. The summed E-state index contributed by atoms with van der Waals surface area (Å²) in [5.74, 6) is -1.17. The van der Waals surface area contributed by atoms with Gasteiger partial charge in [-0.1, -0.05) is 23.7 Å². The van der Waals surface area contributed by atoms with E-state index in [-0.39, 0.29) is 77.6 Å². The molecular weight excluding hydrogens is 713 g/mol. The van der Waals surface area contributed by atoms with Crippen LogP contribution in [0.4, 0.5) is 18.9 Å². The Balaban J connectivity index is 1.25. The number of piperidine rings is 1. The number of ether oxygens (including phenoxy) is 1. The highest BCUT2D eigenvalue weighted by Gasteiger charge is 2.48. The van der Waals surface area contributed by atoms with Crippen LogP contribution < -0.4 is 10.9 Å². The number of aromatic hydroxyl groups is 1. The lowest BCUT2D eigenvalue weighted by Crippen LogP contribution is -2.47. The third kappa shape index (κ3) is 6.18. The third-order valence-electron chi connectivity index (χ3n) is 9.08. The largest absolute Gasteiger partial charge is 0.504 e. The van der Waals surface area contributed by atoms with Crippen molar-refractivity contribution in [2.75, 3.05) is 24.7 Å². The number of thioether (sulfide) groups is 1. The summed E-state index contributed by atoms with van der Waals surface area (Å²) in [7, 11) is 0. The van der Waals surface area contributed by atoms with Gasteiger partial charge in [0.05, 0.1) is 39.8 Å². The maximum absolute atomic E-state index is 14.3. The van der Waals surface area contributed by atoms with Gasteiger partial charge >= 0.3 is 6.18 Å². The lowest BCUT2D eigenvalue weighted by Gasteiger charge is -2.38. The number of carbonyl (C=O) groups is 2. The van der Waals surface area contributed by atoms with E-state index in [0.717, 1.165) is 27.6 Å². The second-order valence-electron chi connectivity index (χ2n) is 12.1. The topological polar surface area (TPSA) is 157 Å². The molecule has 0 radical (unpaired) electrons. The second kappa shape index (κ2) is 13.0. The fourth-order valence-electron chi connectivity index (χ4n) is 6.38. The number of nitrogens with one attached hydrogen (secondary N) is 1. The SMILES string of the molecule is CSc1ccc(-c2nc3n(CC(=O)Nc4ccc(C(F)(F)F)cc4Cl)c4c(c(=O)n3n2)C2(CCN(C(=O)c3ncnc(C)c3O)CC2)OC4)cc1. The molecule has 5 aromatic rings. The number of carbonyl (C=O) groups excluding carboxylic acids is 2. The molecule has 18 heteroatoms. The van der Waals surface area contributed by atoms with E-state index in [1.165, 1.54) is 15.8 Å². The van der Waals surface area contributed by atoms with Crippen LogP contribution in [-0.4, -0.2) is 70.3 Å². The first-order valence-corrected chi connectivity index (χ1v) is 17.2. The molecule has 7 rings (SSSR count). The lowest BCUT2D eigenvalue weighted by molar-refractivity contribution is -0.137. The fourth-order valence-corrected chi connectivity index (χ4v) is 7.02. The van der Waals surface area contributed by atoms with Gasteiger partial charge in [-0.15, -0.1) is 16.9 Å². The average molecular weight is 741 g/mol. The van der Waals surface area contributed by atoms with Crippen molar-refractivity contribution < 1.29 is 32.6 Å². The van der Waals surface area contributed by atoms with Crippen LogP contribution >= 0.6 is 23.4 Å². The van der Waals surface area contributed by atoms with Crippen molar-refractivity contribution in [3.63, 3.8) is 0 Å². The highest BCUT2D eigenvalue weighted by Crippen LogP contribution is 2.43. The van der Waals surface area contributed by atoms with Crippen molar-refractivity contribution in [1.82, 2.24) is 34.0 Å². The number of fused-ring (bicyclic) bond motifs is 3. The molecule has 51 heavy (non-hydrogen) atoms. The summed E-state index contributed by atoms with van der Waals surface area (Å²) >= 11 is 7.67. The molecular formula is C33H28ClF3N8O5S. The van der Waals surface area contributed by atoms with Gasteiger partial charge in [-0.2, -0.15) is 22.7 Å². The van der Waals surface area contributed by atoms with Crippen molar-refractivity contribution in [1.29, 1.82) is 0 Å². The van der Waals surface area contributed by atoms with Crippen LogP contribution in [0.15, 0.2) is 58.5 Å². The van der Waals surface area contributed by atoms with Crippen molar-refractivity contribution in [2.45, 2.75) is 49.6 Å². The number of anilines is 1. The number of aromatic nitrogens is 6. The summed E-state index contributed by atoms with van der Waals surface area (Å²) in [6.07, 6.45) is -1.06. The molecule has 0 aliphatic carbocycles. The Morgan fingerprint density at radius 2 is 1.84 bits per heavy atom. The minimum Gasteiger partial charge on any atom is -0.504 e. The van der Waals surface area contributed by atoms with Crippen molar-refractivity contribution >= 4 is 46.6 Å². The molecule has 2 amide bonds. The molecule has 0 saturated carbocycles. The van der Waals surface area contributed by atoms with Gasteiger partial charge in [-0.25, -0.2) is 9.97 Å². The number of amides is 2. The van der Waals surface area contributed by atoms with Crippen LogP contribution in [0.2, 0.25) is 5.02 Å². The summed E-state index contributed by atoms with van der Waals surface area (Å²) in [6, 6.07) is 10.0. The molecule has 1 fully saturated rings. The van der Waals surface area contributed by atoms with Crippen LogP contribution in [0.25, 0.3) is 17.2 Å². The molecule has 2 aromatic carbocycles. The standard InChI is InChI=1S/C33H28ClF3N8O5S/c1-17-27(47)26(39-16-38-17)30(49)43-11-9-32(10-12-43)25-23(15-50-32)44(14-24(46)40-22-8-5-19(13-21(22)34)33(35,36)37)31-41-28(42-45(31)29(25)48)18-3-6-20(51-2)7-4-18/h3-8,13,16,47H,9-12,14-15H2,1-2H3,(H,40,46). The van der Waals surface area contributed by atoms with E-state index in [0.29, 0.717) is 11.3 Å². The predicted molar refractivity (Wildman–Crippen MR) is 180 cm³/mol. The minimum atomic E-state index is -4.62. The lowest BCUT2D eigenvalue weighted by atomic mass is 9.85. The normalized spacial score (nSPS) is 15.4. The first-order valence-electron chi connectivity index (χ1n) is 15.6. The van der Waals surface area contributed by atoms with Crippen LogP contribution in [0.3, 0.4) is 0 Å². The van der Waals surface area contributed by atoms with Gasteiger partial charge in [0.25, 0.3) is 11.5 Å². The number of halogens is 4. The van der Waals surface area contributed by atoms with Crippen molar-refractivity contribution in [3.8, 4) is 17.1 Å². The molecule has 264 valence electrons. The van der Waals surface area contributed by atoms with Gasteiger partial charge in [-0.05, 0) is 56.4 Å². The number of aryl methyl sites for hydroxylation is 1. The number of likely N-dealkylation sites (tertiary alicyclic amines) is 1. The number of hydrogen-bond acceptors (Lipinski definition) is 10. The maximum Gasteiger partial charge on any atom is 0.416 e. The van der Waals surface area contributed by atoms with E-state index in [9.17, 15) is 32.7 Å². The molecule has 5 heterocycles. The molecule has 1 spiro atoms. The van der Waals surface area contributed by atoms with Gasteiger partial charge in [0.1, 0.15) is 18.5 Å². The Kier molecular flexibility index (Phi) is 8.75. The molecule has 1 saturated heterocycles. The number of nitrogens with zero attached hydrogens (tertiary/aromatic N) is 7. The van der Waals surface area contributed by atoms with Crippen molar-refractivity contribution in [2.24, 2.45) is 0 Å². The number of hydrogen-bond donors (Lipinski definition) is 2. The van der Waals surface area contributed by atoms with E-state index in [1.807, 2.05) is 30.5 Å². The van der Waals surface area contributed by atoms with Gasteiger partial charge in [-0.3, -0.25) is 14.4 Å². The van der Waals surface area contributed by atoms with Crippen molar-refractivity contribution in [3.05, 3.63) is 92.4 Å². The minimum absolute atomic E-state index is 0.0332. The monoisotopic (exact) mass is 740 g/mol. The van der Waals surface area contributed by atoms with E-state index in [4.69, 9.17) is 16.3 Å². The summed E-state index contributed by atoms with van der Waals surface area (Å²) in [6.45, 7) is 1.40. The highest BCUT2D eigenvalue weighted by atomic mass is 35.5. The third-order valence-corrected chi connectivity index (χ3v) is 10.1. The first kappa shape index (κ1) is 34.4. The first-order chi connectivity index (χ1) is 24.3. The Morgan fingerprint density at radius 3 is 2.51 bits per heavy atom. The van der Waals surface area contributed by atoms with Gasteiger partial charge in [0.2, 0.25) is 11.7 Å². The molecule has 3 aromatic heterocycles. The van der Waals surface area contributed by atoms with E-state index < -0.39 is 41.3 Å². The summed E-state index contributed by atoms with van der Waals surface area (Å²) in [5, 5.41) is 17.2. The Hall–Kier alpha value is -5.00. The van der Waals surface area contributed by atoms with E-state index in [1.54, 1.807) is 18.7 Å². The van der Waals surface area contributed by atoms with E-state index in [2.05, 4.69) is 25.4 Å². The zero-order chi connectivity index (χ0) is 36.2. The zero-order valence-electron chi connectivity index (χ0n) is 27.0. The quantitative estimate of drug-likeness (QED) is 0.226. The molecule has 0 atom stereocenters. The number of benzene rings is 2. The van der Waals surface area contributed by atoms with Gasteiger partial charge in [0.15, 0.2) is 17.3 Å². The number of alkyl halides is 3. The van der Waals surface area contributed by atoms with E-state index >= 15 is 0 Å². The number of rotatable bonds is 6. The summed E-state index contributed by atoms with van der Waals surface area (Å²) in [4.78, 5) is 56.1. The van der Waals surface area contributed by atoms with Gasteiger partial charge < -0.3 is 24.6 Å². The molecule has 2 N–H and O–H groups in total. The second-order valence-corrected chi connectivity index (χ2v) is 13.3. The Labute approximate surface area is 296 Å². The predicted octanol–water partition coefficient (Wildman–Crippen LogP) is 5.06. The molecule has 0 bridgehead atoms. The summed E-state index contributed by atoms with van der Waals surface area (Å²) in [5.41, 5.74) is -1.24. The summed E-state index contributed by atoms with van der Waals surface area (Å²) < 4.78 is 48.6. The molecule has 2 aliphatic rings. The molecule has 13 nitrogen and oxygen atoms in total. The zero-order valence-corrected chi connectivity index (χ0v) is 28.6. The Morgan fingerprint density at radius 1 is 1.12 bits per heavy atom.